The van der Waals surface area contributed by atoms with Crippen LogP contribution in [0.1, 0.15) is 38.3 Å². The molecule has 4 rings (SSSR count). The average Bonchev–Trinajstić information content (AvgIpc) is 2.84. The summed E-state index contributed by atoms with van der Waals surface area (Å²) in [5, 5.41) is 16.3. The lowest BCUT2D eigenvalue weighted by molar-refractivity contribution is 0.0378. The largest absolute Gasteiger partial charge is 0.390 e. The van der Waals surface area contributed by atoms with Crippen LogP contribution in [0.15, 0.2) is 36.4 Å². The molecular formula is C24H28ClN3O4. The van der Waals surface area contributed by atoms with E-state index in [0.29, 0.717) is 40.2 Å². The summed E-state index contributed by atoms with van der Waals surface area (Å²) < 4.78 is 5.39. The summed E-state index contributed by atoms with van der Waals surface area (Å²) in [6.07, 6.45) is 0.155. The fraction of sp³-hybridized carbons (Fsp3) is 0.417. The van der Waals surface area contributed by atoms with Crippen LogP contribution >= 0.6 is 11.6 Å². The van der Waals surface area contributed by atoms with E-state index in [4.69, 9.17) is 16.3 Å². The SMILES string of the molecule is O=C1c2ccccc2C(=O)c2c(NCC(O)CCl)ccc(NCCCN3CCOCC3)c21. The number of carbonyl (C=O) groups is 2. The molecule has 1 atom stereocenters. The van der Waals surface area contributed by atoms with Gasteiger partial charge in [-0.3, -0.25) is 14.5 Å². The monoisotopic (exact) mass is 457 g/mol. The third kappa shape index (κ3) is 4.81. The average molecular weight is 458 g/mol. The molecule has 8 heteroatoms. The number of ether oxygens (including phenoxy) is 1. The number of hydrogen-bond acceptors (Lipinski definition) is 7. The van der Waals surface area contributed by atoms with E-state index in [9.17, 15) is 14.7 Å². The van der Waals surface area contributed by atoms with Crippen molar-refractivity contribution in [3.05, 3.63) is 58.7 Å². The van der Waals surface area contributed by atoms with Crippen LogP contribution in [0.2, 0.25) is 0 Å². The van der Waals surface area contributed by atoms with E-state index in [2.05, 4.69) is 15.5 Å². The molecule has 7 nitrogen and oxygen atoms in total. The fourth-order valence-corrected chi connectivity index (χ4v) is 4.26. The molecule has 170 valence electrons. The molecule has 0 spiro atoms. The molecular weight excluding hydrogens is 430 g/mol. The zero-order valence-electron chi connectivity index (χ0n) is 17.9. The lowest BCUT2D eigenvalue weighted by atomic mass is 9.82. The number of aliphatic hydroxyl groups excluding tert-OH is 1. The molecule has 2 aromatic carbocycles. The maximum Gasteiger partial charge on any atom is 0.196 e. The Morgan fingerprint density at radius 3 is 2.16 bits per heavy atom. The number of fused-ring (bicyclic) bond motifs is 2. The van der Waals surface area contributed by atoms with Crippen molar-refractivity contribution >= 4 is 34.5 Å². The van der Waals surface area contributed by atoms with Gasteiger partial charge in [0.25, 0.3) is 0 Å². The van der Waals surface area contributed by atoms with E-state index in [-0.39, 0.29) is 24.0 Å². The van der Waals surface area contributed by atoms with Gasteiger partial charge in [0.05, 0.1) is 36.3 Å². The number of benzene rings is 2. The van der Waals surface area contributed by atoms with E-state index in [1.54, 1.807) is 30.3 Å². The minimum absolute atomic E-state index is 0.0771. The van der Waals surface area contributed by atoms with Crippen molar-refractivity contribution < 1.29 is 19.4 Å². The number of nitrogens with one attached hydrogen (secondary N) is 2. The summed E-state index contributed by atoms with van der Waals surface area (Å²) in [6, 6.07) is 10.5. The van der Waals surface area contributed by atoms with Crippen LogP contribution in [0.3, 0.4) is 0 Å². The number of alkyl halides is 1. The lowest BCUT2D eigenvalue weighted by Gasteiger charge is -2.27. The summed E-state index contributed by atoms with van der Waals surface area (Å²) in [5.74, 6) is -0.296. The predicted octanol–water partition coefficient (Wildman–Crippen LogP) is 2.61. The van der Waals surface area contributed by atoms with E-state index < -0.39 is 6.10 Å². The molecule has 1 unspecified atom stereocenters. The molecule has 1 fully saturated rings. The van der Waals surface area contributed by atoms with Gasteiger partial charge in [0.15, 0.2) is 11.6 Å². The van der Waals surface area contributed by atoms with Crippen LogP contribution in [-0.2, 0) is 4.74 Å². The van der Waals surface area contributed by atoms with Crippen LogP contribution in [0.5, 0.6) is 0 Å². The van der Waals surface area contributed by atoms with Gasteiger partial charge in [-0.05, 0) is 25.1 Å². The van der Waals surface area contributed by atoms with Crippen LogP contribution in [0.25, 0.3) is 0 Å². The molecule has 1 aliphatic carbocycles. The van der Waals surface area contributed by atoms with Crippen LogP contribution < -0.4 is 10.6 Å². The molecule has 1 saturated heterocycles. The Morgan fingerprint density at radius 1 is 0.969 bits per heavy atom. The summed E-state index contributed by atoms with van der Waals surface area (Å²) in [6.45, 7) is 5.23. The van der Waals surface area contributed by atoms with Gasteiger partial charge < -0.3 is 20.5 Å². The Bertz CT molecular complexity index is 991. The standard InChI is InChI=1S/C24H28ClN3O4/c25-14-16(29)15-27-20-7-6-19(26-8-3-9-28-10-12-32-13-11-28)21-22(20)24(31)18-5-2-1-4-17(18)23(21)30/h1-2,4-7,16,26-27,29H,3,8-15H2. The number of morpholine rings is 1. The van der Waals surface area contributed by atoms with Gasteiger partial charge in [0, 0.05) is 48.7 Å². The van der Waals surface area contributed by atoms with E-state index in [1.807, 2.05) is 6.07 Å². The van der Waals surface area contributed by atoms with Gasteiger partial charge in [-0.2, -0.15) is 0 Å². The van der Waals surface area contributed by atoms with Gasteiger partial charge >= 0.3 is 0 Å². The van der Waals surface area contributed by atoms with Crippen molar-refractivity contribution in [1.82, 2.24) is 4.90 Å². The van der Waals surface area contributed by atoms with E-state index in [1.165, 1.54) is 0 Å². The number of rotatable bonds is 9. The second-order valence-corrected chi connectivity index (χ2v) is 8.35. The minimum Gasteiger partial charge on any atom is -0.390 e. The van der Waals surface area contributed by atoms with E-state index in [0.717, 1.165) is 39.3 Å². The number of halogens is 1. The fourth-order valence-electron chi connectivity index (χ4n) is 4.15. The molecule has 0 aromatic heterocycles. The number of anilines is 2. The van der Waals surface area contributed by atoms with Gasteiger partial charge in [0.1, 0.15) is 0 Å². The number of aliphatic hydroxyl groups is 1. The summed E-state index contributed by atoms with van der Waals surface area (Å²) in [7, 11) is 0. The number of carbonyl (C=O) groups excluding carboxylic acids is 2. The summed E-state index contributed by atoms with van der Waals surface area (Å²) in [5.41, 5.74) is 2.71. The van der Waals surface area contributed by atoms with Crippen LogP contribution in [0, 0.1) is 0 Å². The zero-order chi connectivity index (χ0) is 22.5. The van der Waals surface area contributed by atoms with Gasteiger partial charge in [-0.1, -0.05) is 24.3 Å². The number of ketones is 2. The maximum absolute atomic E-state index is 13.4. The Morgan fingerprint density at radius 2 is 1.56 bits per heavy atom. The first-order chi connectivity index (χ1) is 15.6. The highest BCUT2D eigenvalue weighted by Gasteiger charge is 2.33. The molecule has 0 bridgehead atoms. The zero-order valence-corrected chi connectivity index (χ0v) is 18.7. The lowest BCUT2D eigenvalue weighted by Crippen LogP contribution is -2.37. The van der Waals surface area contributed by atoms with Crippen LogP contribution in [-0.4, -0.2) is 79.5 Å². The molecule has 2 aliphatic rings. The van der Waals surface area contributed by atoms with Gasteiger partial charge in [-0.25, -0.2) is 0 Å². The second-order valence-electron chi connectivity index (χ2n) is 8.04. The normalized spacial score (nSPS) is 16.9. The van der Waals surface area contributed by atoms with Gasteiger partial charge in [0.2, 0.25) is 0 Å². The maximum atomic E-state index is 13.4. The first-order valence-corrected chi connectivity index (χ1v) is 11.5. The molecule has 32 heavy (non-hydrogen) atoms. The van der Waals surface area contributed by atoms with Crippen molar-refractivity contribution in [3.63, 3.8) is 0 Å². The molecule has 1 aliphatic heterocycles. The predicted molar refractivity (Wildman–Crippen MR) is 125 cm³/mol. The third-order valence-electron chi connectivity index (χ3n) is 5.85. The highest BCUT2D eigenvalue weighted by molar-refractivity contribution is 6.31. The second kappa shape index (κ2) is 10.4. The molecule has 0 amide bonds. The van der Waals surface area contributed by atoms with Crippen molar-refractivity contribution in [2.75, 3.05) is 62.5 Å². The Balaban J connectivity index is 1.57. The van der Waals surface area contributed by atoms with Crippen molar-refractivity contribution in [2.24, 2.45) is 0 Å². The molecule has 0 saturated carbocycles. The molecule has 3 N–H and O–H groups in total. The molecule has 1 heterocycles. The van der Waals surface area contributed by atoms with Crippen molar-refractivity contribution in [2.45, 2.75) is 12.5 Å². The Hall–Kier alpha value is -2.45. The minimum atomic E-state index is -0.757. The topological polar surface area (TPSA) is 90.9 Å². The van der Waals surface area contributed by atoms with Gasteiger partial charge in [-0.15, -0.1) is 11.6 Å². The highest BCUT2D eigenvalue weighted by Crippen LogP contribution is 2.36. The quantitative estimate of drug-likeness (QED) is 0.336. The Kier molecular flexibility index (Phi) is 7.42. The highest BCUT2D eigenvalue weighted by atomic mass is 35.5. The molecule has 0 radical (unpaired) electrons. The van der Waals surface area contributed by atoms with Crippen molar-refractivity contribution in [1.29, 1.82) is 0 Å². The first kappa shape index (κ1) is 22.7. The smallest absolute Gasteiger partial charge is 0.196 e. The first-order valence-electron chi connectivity index (χ1n) is 11.0. The third-order valence-corrected chi connectivity index (χ3v) is 6.21. The van der Waals surface area contributed by atoms with Crippen molar-refractivity contribution in [3.8, 4) is 0 Å². The van der Waals surface area contributed by atoms with E-state index >= 15 is 0 Å². The summed E-state index contributed by atoms with van der Waals surface area (Å²) >= 11 is 5.70. The number of nitrogens with zero attached hydrogens (tertiary/aromatic N) is 1. The number of hydrogen-bond donors (Lipinski definition) is 3. The summed E-state index contributed by atoms with van der Waals surface area (Å²) in [4.78, 5) is 29.1. The van der Waals surface area contributed by atoms with Crippen LogP contribution in [0.4, 0.5) is 11.4 Å². The molecule has 2 aromatic rings. The Labute approximate surface area is 192 Å².